The number of aliphatic hydroxyl groups excluding tert-OH is 1. The number of benzene rings is 1. The minimum absolute atomic E-state index is 0.0997. The van der Waals surface area contributed by atoms with Gasteiger partial charge in [-0.25, -0.2) is 14.2 Å². The van der Waals surface area contributed by atoms with Gasteiger partial charge in [0.1, 0.15) is 28.4 Å². The van der Waals surface area contributed by atoms with E-state index in [2.05, 4.69) is 10.3 Å². The van der Waals surface area contributed by atoms with Gasteiger partial charge in [-0.3, -0.25) is 14.6 Å². The number of alkyl halides is 3. The molecule has 13 heteroatoms. The van der Waals surface area contributed by atoms with Gasteiger partial charge in [0.25, 0.3) is 11.8 Å². The minimum Gasteiger partial charge on any atom is -0.509 e. The van der Waals surface area contributed by atoms with E-state index in [0.29, 0.717) is 11.1 Å². The molecular formula is C22H20F4N4O5. The van der Waals surface area contributed by atoms with Crippen molar-refractivity contribution in [2.75, 3.05) is 16.9 Å². The van der Waals surface area contributed by atoms with Gasteiger partial charge in [-0.05, 0) is 57.2 Å². The van der Waals surface area contributed by atoms with Crippen LogP contribution in [0.4, 0.5) is 33.7 Å². The zero-order chi connectivity index (χ0) is 26.1. The van der Waals surface area contributed by atoms with E-state index in [9.17, 15) is 37.1 Å². The van der Waals surface area contributed by atoms with Crippen molar-refractivity contribution in [1.29, 1.82) is 0 Å². The second-order valence-electron chi connectivity index (χ2n) is 8.34. The van der Waals surface area contributed by atoms with E-state index in [1.807, 2.05) is 0 Å². The van der Waals surface area contributed by atoms with E-state index in [-0.39, 0.29) is 11.4 Å². The molecule has 2 N–H and O–H groups in total. The number of pyridine rings is 1. The highest BCUT2D eigenvalue weighted by molar-refractivity contribution is 6.26. The summed E-state index contributed by atoms with van der Waals surface area (Å²) in [5, 5.41) is 14.0. The Bertz CT molecular complexity index is 1170. The molecule has 35 heavy (non-hydrogen) atoms. The Morgan fingerprint density at radius 3 is 2.23 bits per heavy atom. The first-order valence-corrected chi connectivity index (χ1v) is 10.0. The number of carbonyl (C=O) groups excluding carboxylic acids is 3. The molecule has 1 aromatic carbocycles. The van der Waals surface area contributed by atoms with Crippen LogP contribution >= 0.6 is 0 Å². The molecule has 3 amide bonds. The van der Waals surface area contributed by atoms with Crippen LogP contribution in [-0.4, -0.2) is 45.2 Å². The van der Waals surface area contributed by atoms with E-state index in [1.54, 1.807) is 0 Å². The number of rotatable bonds is 3. The topological polar surface area (TPSA) is 112 Å². The lowest BCUT2D eigenvalue weighted by Gasteiger charge is -2.38. The van der Waals surface area contributed by atoms with Crippen molar-refractivity contribution < 1.29 is 41.8 Å². The SMILES string of the molecule is CC(C)(C)OC(=O)N1C(=O)C(C(=O)Nc2ccc(F)cc2)=C(O)CN1c1ccc(C(F)(F)F)nc1. The Balaban J connectivity index is 2.00. The highest BCUT2D eigenvalue weighted by Crippen LogP contribution is 2.31. The summed E-state index contributed by atoms with van der Waals surface area (Å²) in [4.78, 5) is 42.1. The maximum absolute atomic E-state index is 13.2. The van der Waals surface area contributed by atoms with Crippen LogP contribution in [0.5, 0.6) is 0 Å². The molecule has 1 aromatic heterocycles. The van der Waals surface area contributed by atoms with E-state index in [4.69, 9.17) is 4.74 Å². The standard InChI is InChI=1S/C22H20F4N4O5/c1-21(2,3)35-20(34)30-19(33)17(18(32)28-13-6-4-12(23)5-7-13)15(31)11-29(30)14-8-9-16(27-10-14)22(24,25)26/h4-10,31H,11H2,1-3H3,(H,28,32). The largest absolute Gasteiger partial charge is 0.509 e. The fourth-order valence-corrected chi connectivity index (χ4v) is 2.99. The summed E-state index contributed by atoms with van der Waals surface area (Å²) in [6.07, 6.45) is -5.22. The Labute approximate surface area is 196 Å². The number of aliphatic hydroxyl groups is 1. The average Bonchev–Trinajstić information content (AvgIpc) is 2.73. The van der Waals surface area contributed by atoms with Crippen LogP contribution in [0.2, 0.25) is 0 Å². The van der Waals surface area contributed by atoms with Gasteiger partial charge in [-0.2, -0.15) is 13.2 Å². The van der Waals surface area contributed by atoms with Gasteiger partial charge in [0.2, 0.25) is 0 Å². The van der Waals surface area contributed by atoms with Gasteiger partial charge >= 0.3 is 12.3 Å². The van der Waals surface area contributed by atoms with Crippen LogP contribution in [0.1, 0.15) is 26.5 Å². The number of hydrogen-bond donors (Lipinski definition) is 2. The molecule has 0 saturated carbocycles. The normalized spacial score (nSPS) is 14.8. The number of aromatic nitrogens is 1. The van der Waals surface area contributed by atoms with Crippen molar-refractivity contribution >= 4 is 29.3 Å². The van der Waals surface area contributed by atoms with Crippen LogP contribution in [0.3, 0.4) is 0 Å². The Morgan fingerprint density at radius 1 is 1.09 bits per heavy atom. The third-order valence-corrected chi connectivity index (χ3v) is 4.47. The Kier molecular flexibility index (Phi) is 6.72. The van der Waals surface area contributed by atoms with E-state index >= 15 is 0 Å². The highest BCUT2D eigenvalue weighted by atomic mass is 19.4. The maximum Gasteiger partial charge on any atom is 0.437 e. The number of nitrogens with zero attached hydrogens (tertiary/aromatic N) is 3. The smallest absolute Gasteiger partial charge is 0.437 e. The molecule has 0 spiro atoms. The van der Waals surface area contributed by atoms with Crippen LogP contribution < -0.4 is 10.3 Å². The maximum atomic E-state index is 13.2. The van der Waals surface area contributed by atoms with Crippen molar-refractivity contribution in [3.8, 4) is 0 Å². The van der Waals surface area contributed by atoms with Crippen LogP contribution in [-0.2, 0) is 20.5 Å². The number of amides is 3. The van der Waals surface area contributed by atoms with Crippen LogP contribution in [0.15, 0.2) is 53.9 Å². The lowest BCUT2D eigenvalue weighted by atomic mass is 10.1. The van der Waals surface area contributed by atoms with E-state index in [1.165, 1.54) is 32.9 Å². The lowest BCUT2D eigenvalue weighted by molar-refractivity contribution is -0.141. The summed E-state index contributed by atoms with van der Waals surface area (Å²) in [5.41, 5.74) is -3.17. The first-order valence-electron chi connectivity index (χ1n) is 10.0. The number of ether oxygens (including phenoxy) is 1. The molecule has 0 unspecified atom stereocenters. The summed E-state index contributed by atoms with van der Waals surface area (Å²) in [7, 11) is 0. The van der Waals surface area contributed by atoms with Crippen molar-refractivity contribution in [2.24, 2.45) is 0 Å². The number of anilines is 2. The monoisotopic (exact) mass is 496 g/mol. The number of carbonyl (C=O) groups is 3. The zero-order valence-electron chi connectivity index (χ0n) is 18.7. The lowest BCUT2D eigenvalue weighted by Crippen LogP contribution is -2.57. The molecular weight excluding hydrogens is 476 g/mol. The molecule has 2 heterocycles. The summed E-state index contributed by atoms with van der Waals surface area (Å²) < 4.78 is 57.0. The highest BCUT2D eigenvalue weighted by Gasteiger charge is 2.43. The number of hydrogen-bond acceptors (Lipinski definition) is 7. The van der Waals surface area contributed by atoms with Gasteiger partial charge in [0.15, 0.2) is 0 Å². The van der Waals surface area contributed by atoms with Gasteiger partial charge in [0.05, 0.1) is 18.4 Å². The second-order valence-corrected chi connectivity index (χ2v) is 8.34. The Hall–Kier alpha value is -4.16. The number of imide groups is 1. The zero-order valence-corrected chi connectivity index (χ0v) is 18.7. The fraction of sp³-hybridized carbons (Fsp3) is 0.273. The van der Waals surface area contributed by atoms with E-state index in [0.717, 1.165) is 29.4 Å². The van der Waals surface area contributed by atoms with E-state index < -0.39 is 59.1 Å². The van der Waals surface area contributed by atoms with Gasteiger partial charge in [-0.1, -0.05) is 0 Å². The number of hydrazine groups is 1. The molecule has 0 bridgehead atoms. The molecule has 0 aliphatic carbocycles. The average molecular weight is 496 g/mol. The molecule has 0 fully saturated rings. The second kappa shape index (κ2) is 9.24. The van der Waals surface area contributed by atoms with Crippen LogP contribution in [0.25, 0.3) is 0 Å². The third-order valence-electron chi connectivity index (χ3n) is 4.47. The molecule has 1 aliphatic rings. The number of halogens is 4. The predicted molar refractivity (Wildman–Crippen MR) is 114 cm³/mol. The van der Waals surface area contributed by atoms with Gasteiger partial charge < -0.3 is 15.2 Å². The summed E-state index contributed by atoms with van der Waals surface area (Å²) in [5.74, 6) is -3.75. The van der Waals surface area contributed by atoms with Crippen LogP contribution in [0, 0.1) is 5.82 Å². The molecule has 2 aromatic rings. The van der Waals surface area contributed by atoms with Gasteiger partial charge in [-0.15, -0.1) is 5.01 Å². The third kappa shape index (κ3) is 5.86. The van der Waals surface area contributed by atoms with Crippen molar-refractivity contribution in [3.63, 3.8) is 0 Å². The quantitative estimate of drug-likeness (QED) is 0.484. The molecule has 0 radical (unpaired) electrons. The fourth-order valence-electron chi connectivity index (χ4n) is 2.99. The molecule has 186 valence electrons. The molecule has 1 aliphatic heterocycles. The summed E-state index contributed by atoms with van der Waals surface area (Å²) >= 11 is 0. The van der Waals surface area contributed by atoms with Crippen molar-refractivity contribution in [2.45, 2.75) is 32.5 Å². The minimum atomic E-state index is -4.73. The summed E-state index contributed by atoms with van der Waals surface area (Å²) in [6.45, 7) is 3.89. The molecule has 0 saturated heterocycles. The molecule has 9 nitrogen and oxygen atoms in total. The van der Waals surface area contributed by atoms with Crippen molar-refractivity contribution in [3.05, 3.63) is 65.4 Å². The first kappa shape index (κ1) is 25.5. The predicted octanol–water partition coefficient (Wildman–Crippen LogP) is 4.19. The van der Waals surface area contributed by atoms with Gasteiger partial charge in [0, 0.05) is 5.69 Å². The first-order chi connectivity index (χ1) is 16.2. The molecule has 3 rings (SSSR count). The summed E-state index contributed by atoms with van der Waals surface area (Å²) in [6, 6.07) is 6.10. The van der Waals surface area contributed by atoms with Crippen molar-refractivity contribution in [1.82, 2.24) is 9.99 Å². The molecule has 0 atom stereocenters. The number of nitrogens with one attached hydrogen (secondary N) is 1. The Morgan fingerprint density at radius 2 is 1.71 bits per heavy atom.